The van der Waals surface area contributed by atoms with Crippen molar-refractivity contribution in [1.29, 1.82) is 0 Å². The van der Waals surface area contributed by atoms with E-state index < -0.39 is 10.9 Å². The van der Waals surface area contributed by atoms with Crippen molar-refractivity contribution < 1.29 is 14.8 Å². The van der Waals surface area contributed by atoms with E-state index in [1.807, 2.05) is 0 Å². The van der Waals surface area contributed by atoms with Crippen LogP contribution in [0.25, 0.3) is 11.1 Å². The first-order chi connectivity index (χ1) is 8.50. The van der Waals surface area contributed by atoms with Gasteiger partial charge in [0.25, 0.3) is 5.69 Å². The number of nitro groups is 1. The summed E-state index contributed by atoms with van der Waals surface area (Å²) in [6.07, 6.45) is 1.58. The summed E-state index contributed by atoms with van der Waals surface area (Å²) in [7, 11) is 0. The molecule has 0 radical (unpaired) electrons. The highest BCUT2D eigenvalue weighted by Gasteiger charge is 2.14. The van der Waals surface area contributed by atoms with E-state index in [0.29, 0.717) is 5.56 Å². The van der Waals surface area contributed by atoms with E-state index in [1.165, 1.54) is 12.1 Å². The van der Waals surface area contributed by atoms with Crippen LogP contribution < -0.4 is 0 Å². The van der Waals surface area contributed by atoms with Crippen molar-refractivity contribution in [3.05, 3.63) is 51.8 Å². The van der Waals surface area contributed by atoms with Crippen LogP contribution in [0.4, 0.5) is 5.69 Å². The van der Waals surface area contributed by atoms with Gasteiger partial charge >= 0.3 is 5.97 Å². The third-order valence-electron chi connectivity index (χ3n) is 2.74. The molecule has 0 saturated heterocycles. The highest BCUT2D eigenvalue weighted by atomic mass is 16.6. The number of nitrogens with one attached hydrogen (secondary N) is 1. The molecule has 0 bridgehead atoms. The van der Waals surface area contributed by atoms with E-state index in [1.54, 1.807) is 25.3 Å². The Morgan fingerprint density at radius 2 is 1.94 bits per heavy atom. The molecule has 0 amide bonds. The maximum atomic E-state index is 10.9. The van der Waals surface area contributed by atoms with Crippen LogP contribution in [0.2, 0.25) is 0 Å². The second kappa shape index (κ2) is 4.33. The number of hydrogen-bond donors (Lipinski definition) is 2. The van der Waals surface area contributed by atoms with Gasteiger partial charge in [-0.05, 0) is 30.2 Å². The first kappa shape index (κ1) is 11.8. The number of aromatic carboxylic acids is 1. The van der Waals surface area contributed by atoms with Crippen molar-refractivity contribution in [2.75, 3.05) is 0 Å². The van der Waals surface area contributed by atoms with Crippen molar-refractivity contribution >= 4 is 11.7 Å². The Balaban J connectivity index is 2.43. The van der Waals surface area contributed by atoms with Crippen molar-refractivity contribution in [3.63, 3.8) is 0 Å². The van der Waals surface area contributed by atoms with Crippen LogP contribution in [0.3, 0.4) is 0 Å². The summed E-state index contributed by atoms with van der Waals surface area (Å²) in [6, 6.07) is 5.98. The van der Waals surface area contributed by atoms with Crippen molar-refractivity contribution in [2.45, 2.75) is 6.92 Å². The van der Waals surface area contributed by atoms with Crippen LogP contribution in [-0.2, 0) is 0 Å². The lowest BCUT2D eigenvalue weighted by atomic mass is 10.0. The van der Waals surface area contributed by atoms with Crippen LogP contribution in [0, 0.1) is 17.0 Å². The number of rotatable bonds is 3. The Hall–Kier alpha value is -2.63. The number of aromatic nitrogens is 1. The molecule has 1 heterocycles. The molecule has 2 N–H and O–H groups in total. The summed E-state index contributed by atoms with van der Waals surface area (Å²) in [5, 5.41) is 19.5. The molecule has 2 rings (SSSR count). The monoisotopic (exact) mass is 246 g/mol. The van der Waals surface area contributed by atoms with E-state index in [4.69, 9.17) is 5.11 Å². The predicted octanol–water partition coefficient (Wildman–Crippen LogP) is 2.60. The number of carboxylic acids is 1. The number of non-ortho nitro benzene ring substituents is 1. The normalized spacial score (nSPS) is 10.3. The van der Waals surface area contributed by atoms with Gasteiger partial charge in [-0.1, -0.05) is 0 Å². The molecule has 2 aromatic rings. The zero-order valence-electron chi connectivity index (χ0n) is 9.51. The average Bonchev–Trinajstić information content (AvgIpc) is 2.71. The predicted molar refractivity (Wildman–Crippen MR) is 64.6 cm³/mol. The smallest absolute Gasteiger partial charge is 0.352 e. The van der Waals surface area contributed by atoms with Crippen LogP contribution in [0.1, 0.15) is 16.1 Å². The van der Waals surface area contributed by atoms with Crippen molar-refractivity contribution in [2.24, 2.45) is 0 Å². The quantitative estimate of drug-likeness (QED) is 0.642. The molecule has 6 heteroatoms. The van der Waals surface area contributed by atoms with Gasteiger partial charge in [0.2, 0.25) is 0 Å². The largest absolute Gasteiger partial charge is 0.477 e. The Morgan fingerprint density at radius 1 is 1.33 bits per heavy atom. The molecular weight excluding hydrogens is 236 g/mol. The van der Waals surface area contributed by atoms with E-state index >= 15 is 0 Å². The molecule has 0 unspecified atom stereocenters. The molecule has 0 aliphatic rings. The molecule has 0 atom stereocenters. The second-order valence-electron chi connectivity index (χ2n) is 3.81. The van der Waals surface area contributed by atoms with Crippen LogP contribution in [0.5, 0.6) is 0 Å². The minimum atomic E-state index is -1.03. The Labute approximate surface area is 102 Å². The first-order valence-electron chi connectivity index (χ1n) is 5.17. The summed E-state index contributed by atoms with van der Waals surface area (Å²) in [5.74, 6) is -1.03. The number of carbonyl (C=O) groups is 1. The van der Waals surface area contributed by atoms with E-state index in [2.05, 4.69) is 4.98 Å². The minimum Gasteiger partial charge on any atom is -0.477 e. The maximum Gasteiger partial charge on any atom is 0.352 e. The average molecular weight is 246 g/mol. The molecule has 92 valence electrons. The van der Waals surface area contributed by atoms with Crippen LogP contribution in [0.15, 0.2) is 30.5 Å². The molecule has 18 heavy (non-hydrogen) atoms. The fourth-order valence-electron chi connectivity index (χ4n) is 1.78. The lowest BCUT2D eigenvalue weighted by molar-refractivity contribution is -0.384. The minimum absolute atomic E-state index is 0.00500. The summed E-state index contributed by atoms with van der Waals surface area (Å²) < 4.78 is 0. The third-order valence-corrected chi connectivity index (χ3v) is 2.74. The Morgan fingerprint density at radius 3 is 2.39 bits per heavy atom. The fraction of sp³-hybridized carbons (Fsp3) is 0.0833. The van der Waals surface area contributed by atoms with Crippen molar-refractivity contribution in [1.82, 2.24) is 4.98 Å². The molecule has 6 nitrogen and oxygen atoms in total. The van der Waals surface area contributed by atoms with E-state index in [-0.39, 0.29) is 11.4 Å². The highest BCUT2D eigenvalue weighted by molar-refractivity contribution is 5.90. The van der Waals surface area contributed by atoms with Gasteiger partial charge in [-0.15, -0.1) is 0 Å². The number of hydrogen-bond acceptors (Lipinski definition) is 3. The number of nitro benzene ring substituents is 1. The van der Waals surface area contributed by atoms with Crippen LogP contribution >= 0.6 is 0 Å². The van der Waals surface area contributed by atoms with Gasteiger partial charge in [0.1, 0.15) is 5.69 Å². The lowest BCUT2D eigenvalue weighted by Gasteiger charge is -2.00. The van der Waals surface area contributed by atoms with Gasteiger partial charge in [0, 0.05) is 23.9 Å². The Kier molecular flexibility index (Phi) is 2.85. The highest BCUT2D eigenvalue weighted by Crippen LogP contribution is 2.27. The zero-order valence-corrected chi connectivity index (χ0v) is 9.51. The zero-order chi connectivity index (χ0) is 13.3. The van der Waals surface area contributed by atoms with Gasteiger partial charge in [-0.25, -0.2) is 4.79 Å². The number of benzene rings is 1. The number of nitrogens with zero attached hydrogens (tertiary/aromatic N) is 1. The van der Waals surface area contributed by atoms with Gasteiger partial charge in [0.15, 0.2) is 0 Å². The molecule has 0 aliphatic heterocycles. The van der Waals surface area contributed by atoms with Gasteiger partial charge < -0.3 is 10.1 Å². The molecule has 0 saturated carbocycles. The number of carboxylic acid groups (broad SMARTS) is 1. The molecule has 1 aromatic carbocycles. The fourth-order valence-corrected chi connectivity index (χ4v) is 1.78. The maximum absolute atomic E-state index is 10.9. The standard InChI is InChI=1S/C12H10N2O4/c1-7-10(6-13-11(7)12(15)16)8-2-4-9(5-3-8)14(17)18/h2-6,13H,1H3,(H,15,16). The summed E-state index contributed by atoms with van der Waals surface area (Å²) in [5.41, 5.74) is 2.20. The van der Waals surface area contributed by atoms with Gasteiger partial charge in [-0.3, -0.25) is 10.1 Å². The first-order valence-corrected chi connectivity index (χ1v) is 5.17. The topological polar surface area (TPSA) is 96.2 Å². The third kappa shape index (κ3) is 1.95. The molecule has 0 spiro atoms. The molecular formula is C12H10N2O4. The van der Waals surface area contributed by atoms with Crippen molar-refractivity contribution in [3.8, 4) is 11.1 Å². The Bertz CT molecular complexity index is 614. The number of aromatic amines is 1. The van der Waals surface area contributed by atoms with Crippen LogP contribution in [-0.4, -0.2) is 21.0 Å². The summed E-state index contributed by atoms with van der Waals surface area (Å²) in [4.78, 5) is 23.6. The SMILES string of the molecule is Cc1c(-c2ccc([N+](=O)[O-])cc2)c[nH]c1C(=O)O. The molecule has 1 aromatic heterocycles. The second-order valence-corrected chi connectivity index (χ2v) is 3.81. The lowest BCUT2D eigenvalue weighted by Crippen LogP contribution is -1.98. The van der Waals surface area contributed by atoms with Gasteiger partial charge in [-0.2, -0.15) is 0 Å². The summed E-state index contributed by atoms with van der Waals surface area (Å²) >= 11 is 0. The molecule has 0 fully saturated rings. The summed E-state index contributed by atoms with van der Waals surface area (Å²) in [6.45, 7) is 1.69. The number of H-pyrrole nitrogens is 1. The van der Waals surface area contributed by atoms with E-state index in [0.717, 1.165) is 11.1 Å². The van der Waals surface area contributed by atoms with Gasteiger partial charge in [0.05, 0.1) is 4.92 Å². The van der Waals surface area contributed by atoms with E-state index in [9.17, 15) is 14.9 Å². The molecule has 0 aliphatic carbocycles.